The second-order valence-electron chi connectivity index (χ2n) is 7.17. The molecule has 0 saturated heterocycles. The lowest BCUT2D eigenvalue weighted by atomic mass is 9.95. The van der Waals surface area contributed by atoms with Gasteiger partial charge in [-0.1, -0.05) is 55.3 Å². The lowest BCUT2D eigenvalue weighted by molar-refractivity contribution is 0.198. The highest BCUT2D eigenvalue weighted by Crippen LogP contribution is 2.34. The molecule has 148 valence electrons. The van der Waals surface area contributed by atoms with Crippen molar-refractivity contribution in [1.29, 1.82) is 0 Å². The zero-order valence-electron chi connectivity index (χ0n) is 15.6. The molecule has 1 aromatic carbocycles. The fourth-order valence-corrected chi connectivity index (χ4v) is 5.47. The maximum atomic E-state index is 14.0. The summed E-state index contributed by atoms with van der Waals surface area (Å²) in [4.78, 5) is 1.27. The van der Waals surface area contributed by atoms with E-state index in [-0.39, 0.29) is 5.82 Å². The van der Waals surface area contributed by atoms with Gasteiger partial charge in [0, 0.05) is 28.7 Å². The molecule has 1 atom stereocenters. The van der Waals surface area contributed by atoms with E-state index < -0.39 is 6.10 Å². The zero-order chi connectivity index (χ0) is 19.3. The summed E-state index contributed by atoms with van der Waals surface area (Å²) < 4.78 is 16.2. The van der Waals surface area contributed by atoms with Crippen LogP contribution in [0.15, 0.2) is 46.9 Å². The first-order valence-electron chi connectivity index (χ1n) is 9.74. The smallest absolute Gasteiger partial charge is 0.191 e. The van der Waals surface area contributed by atoms with E-state index in [1.807, 2.05) is 0 Å². The average molecular weight is 418 g/mol. The molecule has 3 aromatic rings. The van der Waals surface area contributed by atoms with Gasteiger partial charge in [0.1, 0.15) is 11.6 Å². The molecular formula is C21H24FN3OS2. The number of halogens is 1. The van der Waals surface area contributed by atoms with E-state index in [1.54, 1.807) is 29.5 Å². The van der Waals surface area contributed by atoms with Crippen LogP contribution in [-0.2, 0) is 6.42 Å². The molecule has 1 fully saturated rings. The summed E-state index contributed by atoms with van der Waals surface area (Å²) in [7, 11) is 0. The summed E-state index contributed by atoms with van der Waals surface area (Å²) in [6.07, 6.45) is 5.92. The molecule has 1 aliphatic rings. The zero-order valence-corrected chi connectivity index (χ0v) is 17.3. The van der Waals surface area contributed by atoms with E-state index in [1.165, 1.54) is 42.0 Å². The number of nitrogens with zero attached hydrogens (tertiary/aromatic N) is 3. The molecule has 1 aliphatic carbocycles. The minimum Gasteiger partial charge on any atom is -0.387 e. The fourth-order valence-electron chi connectivity index (χ4n) is 3.79. The van der Waals surface area contributed by atoms with Crippen LogP contribution in [0.4, 0.5) is 4.39 Å². The SMILES string of the molecule is O[C@@H](CSc1nnc(Cc2cccs2)n1C1CCCCC1)c1ccccc1F. The third-order valence-corrected chi connectivity index (χ3v) is 7.12. The molecular weight excluding hydrogens is 393 g/mol. The molecule has 2 aromatic heterocycles. The van der Waals surface area contributed by atoms with E-state index in [9.17, 15) is 9.50 Å². The van der Waals surface area contributed by atoms with Crippen LogP contribution in [0.1, 0.15) is 60.5 Å². The third-order valence-electron chi connectivity index (χ3n) is 5.22. The lowest BCUT2D eigenvalue weighted by Crippen LogP contribution is -2.17. The monoisotopic (exact) mass is 417 g/mol. The highest BCUT2D eigenvalue weighted by Gasteiger charge is 2.24. The van der Waals surface area contributed by atoms with Gasteiger partial charge in [0.2, 0.25) is 0 Å². The van der Waals surface area contributed by atoms with Crippen LogP contribution in [0.5, 0.6) is 0 Å². The van der Waals surface area contributed by atoms with Gasteiger partial charge in [-0.3, -0.25) is 0 Å². The predicted molar refractivity (Wildman–Crippen MR) is 111 cm³/mol. The van der Waals surface area contributed by atoms with Crippen LogP contribution < -0.4 is 0 Å². The van der Waals surface area contributed by atoms with Crippen molar-refractivity contribution in [2.24, 2.45) is 0 Å². The topological polar surface area (TPSA) is 50.9 Å². The van der Waals surface area contributed by atoms with Crippen LogP contribution in [0.3, 0.4) is 0 Å². The normalized spacial score (nSPS) is 16.4. The van der Waals surface area contributed by atoms with Gasteiger partial charge in [-0.05, 0) is 30.4 Å². The highest BCUT2D eigenvalue weighted by molar-refractivity contribution is 7.99. The Morgan fingerprint density at radius 1 is 1.14 bits per heavy atom. The van der Waals surface area contributed by atoms with Crippen LogP contribution in [0.25, 0.3) is 0 Å². The number of benzene rings is 1. The first-order valence-corrected chi connectivity index (χ1v) is 11.6. The number of hydrogen-bond donors (Lipinski definition) is 1. The minimum atomic E-state index is -0.872. The number of thioether (sulfide) groups is 1. The van der Waals surface area contributed by atoms with Crippen molar-refractivity contribution in [3.63, 3.8) is 0 Å². The van der Waals surface area contributed by atoms with Crippen molar-refractivity contribution in [3.05, 3.63) is 63.9 Å². The Balaban J connectivity index is 1.54. The fraction of sp³-hybridized carbons (Fsp3) is 0.429. The van der Waals surface area contributed by atoms with Crippen molar-refractivity contribution >= 4 is 23.1 Å². The van der Waals surface area contributed by atoms with Gasteiger partial charge < -0.3 is 9.67 Å². The lowest BCUT2D eigenvalue weighted by Gasteiger charge is -2.25. The molecule has 4 nitrogen and oxygen atoms in total. The van der Waals surface area contributed by atoms with Crippen molar-refractivity contribution in [1.82, 2.24) is 14.8 Å². The second kappa shape index (κ2) is 9.20. The molecule has 0 radical (unpaired) electrons. The molecule has 1 saturated carbocycles. The number of thiophene rings is 1. The highest BCUT2D eigenvalue weighted by atomic mass is 32.2. The van der Waals surface area contributed by atoms with E-state index in [4.69, 9.17) is 0 Å². The predicted octanol–water partition coefficient (Wildman–Crippen LogP) is 5.40. The number of hydrogen-bond acceptors (Lipinski definition) is 5. The first-order chi connectivity index (χ1) is 13.7. The van der Waals surface area contributed by atoms with Crippen molar-refractivity contribution < 1.29 is 9.50 Å². The van der Waals surface area contributed by atoms with Gasteiger partial charge in [-0.25, -0.2) is 4.39 Å². The molecule has 28 heavy (non-hydrogen) atoms. The van der Waals surface area contributed by atoms with Gasteiger partial charge in [0.05, 0.1) is 6.10 Å². The summed E-state index contributed by atoms with van der Waals surface area (Å²) >= 11 is 3.19. The molecule has 0 spiro atoms. The molecule has 2 heterocycles. The molecule has 1 N–H and O–H groups in total. The Kier molecular flexibility index (Phi) is 6.44. The Morgan fingerprint density at radius 3 is 2.71 bits per heavy atom. The Morgan fingerprint density at radius 2 is 1.96 bits per heavy atom. The van der Waals surface area contributed by atoms with Gasteiger partial charge >= 0.3 is 0 Å². The Bertz CT molecular complexity index is 891. The first kappa shape index (κ1) is 19.6. The number of aliphatic hydroxyl groups excluding tert-OH is 1. The maximum absolute atomic E-state index is 14.0. The maximum Gasteiger partial charge on any atom is 0.191 e. The summed E-state index contributed by atoms with van der Waals surface area (Å²) in [5.41, 5.74) is 0.331. The molecule has 0 aliphatic heterocycles. The summed E-state index contributed by atoms with van der Waals surface area (Å²) in [5.74, 6) is 0.963. The van der Waals surface area contributed by atoms with Crippen molar-refractivity contribution in [2.45, 2.75) is 55.8 Å². The number of aromatic nitrogens is 3. The van der Waals surface area contributed by atoms with Crippen LogP contribution in [0, 0.1) is 5.82 Å². The molecule has 0 unspecified atom stereocenters. The van der Waals surface area contributed by atoms with Crippen LogP contribution in [0.2, 0.25) is 0 Å². The molecule has 0 amide bonds. The van der Waals surface area contributed by atoms with E-state index >= 15 is 0 Å². The third kappa shape index (κ3) is 4.47. The van der Waals surface area contributed by atoms with Gasteiger partial charge in [0.25, 0.3) is 0 Å². The average Bonchev–Trinajstić information content (AvgIpc) is 3.37. The van der Waals surface area contributed by atoms with Gasteiger partial charge in [-0.15, -0.1) is 21.5 Å². The quantitative estimate of drug-likeness (QED) is 0.523. The molecule has 7 heteroatoms. The Hall–Kier alpha value is -1.70. The molecule has 4 rings (SSSR count). The number of aliphatic hydroxyl groups is 1. The minimum absolute atomic E-state index is 0.331. The second-order valence-corrected chi connectivity index (χ2v) is 9.18. The van der Waals surface area contributed by atoms with Crippen molar-refractivity contribution in [2.75, 3.05) is 5.75 Å². The summed E-state index contributed by atoms with van der Waals surface area (Å²) in [5, 5.41) is 22.3. The van der Waals surface area contributed by atoms with Gasteiger partial charge in [-0.2, -0.15) is 0 Å². The van der Waals surface area contributed by atoms with E-state index in [0.29, 0.717) is 17.4 Å². The largest absolute Gasteiger partial charge is 0.387 e. The standard InChI is InChI=1S/C21H24FN3OS2/c22-18-11-5-4-10-17(18)19(26)14-28-21-24-23-20(13-16-9-6-12-27-16)25(21)15-7-2-1-3-8-15/h4-6,9-12,15,19,26H,1-3,7-8,13-14H2/t19-/m0/s1. The van der Waals surface area contributed by atoms with Gasteiger partial charge in [0.15, 0.2) is 5.16 Å². The summed E-state index contributed by atoms with van der Waals surface area (Å²) in [6.45, 7) is 0. The number of rotatable bonds is 7. The van der Waals surface area contributed by atoms with Crippen molar-refractivity contribution in [3.8, 4) is 0 Å². The molecule has 0 bridgehead atoms. The summed E-state index contributed by atoms with van der Waals surface area (Å²) in [6, 6.07) is 11.0. The van der Waals surface area contributed by atoms with Crippen LogP contribution >= 0.6 is 23.1 Å². The van der Waals surface area contributed by atoms with E-state index in [2.05, 4.69) is 32.3 Å². The van der Waals surface area contributed by atoms with Crippen LogP contribution in [-0.4, -0.2) is 25.6 Å². The van der Waals surface area contributed by atoms with E-state index in [0.717, 1.165) is 30.2 Å². The Labute approximate surface area is 172 Å².